The standard InChI is InChI=1S/C14H22N4O3/c1-3-18(10-13(19)16-2)8-9-21-12-7-5-4-6-11(12)14(20)17-15/h4-7H,3,8-10,15H2,1-2H3,(H,16,19)(H,17,20). The third kappa shape index (κ3) is 5.41. The van der Waals surface area contributed by atoms with E-state index < -0.39 is 5.91 Å². The zero-order valence-electron chi connectivity index (χ0n) is 12.4. The van der Waals surface area contributed by atoms with Crippen LogP contribution in [0.5, 0.6) is 5.75 Å². The maximum atomic E-state index is 11.6. The number of nitrogens with one attached hydrogen (secondary N) is 2. The van der Waals surface area contributed by atoms with Crippen molar-refractivity contribution in [3.63, 3.8) is 0 Å². The van der Waals surface area contributed by atoms with Crippen molar-refractivity contribution in [1.29, 1.82) is 0 Å². The van der Waals surface area contributed by atoms with E-state index >= 15 is 0 Å². The lowest BCUT2D eigenvalue weighted by molar-refractivity contribution is -0.121. The summed E-state index contributed by atoms with van der Waals surface area (Å²) in [4.78, 5) is 24.9. The van der Waals surface area contributed by atoms with E-state index in [1.807, 2.05) is 11.8 Å². The summed E-state index contributed by atoms with van der Waals surface area (Å²) in [6, 6.07) is 6.87. The molecule has 0 saturated carbocycles. The molecule has 0 atom stereocenters. The van der Waals surface area contributed by atoms with Gasteiger partial charge in [-0.25, -0.2) is 5.84 Å². The maximum absolute atomic E-state index is 11.6. The topological polar surface area (TPSA) is 96.7 Å². The van der Waals surface area contributed by atoms with Gasteiger partial charge in [-0.3, -0.25) is 19.9 Å². The number of rotatable bonds is 8. The van der Waals surface area contributed by atoms with Crippen LogP contribution in [0.25, 0.3) is 0 Å². The Labute approximate surface area is 124 Å². The van der Waals surface area contributed by atoms with Crippen LogP contribution in [0, 0.1) is 0 Å². The molecular weight excluding hydrogens is 272 g/mol. The summed E-state index contributed by atoms with van der Waals surface area (Å²) in [6.07, 6.45) is 0. The van der Waals surface area contributed by atoms with E-state index in [0.29, 0.717) is 31.0 Å². The molecule has 2 amide bonds. The van der Waals surface area contributed by atoms with Gasteiger partial charge in [-0.05, 0) is 18.7 Å². The molecule has 0 aliphatic carbocycles. The van der Waals surface area contributed by atoms with Crippen LogP contribution in [0.15, 0.2) is 24.3 Å². The van der Waals surface area contributed by atoms with E-state index in [9.17, 15) is 9.59 Å². The minimum atomic E-state index is -0.400. The number of nitrogens with zero attached hydrogens (tertiary/aromatic N) is 1. The van der Waals surface area contributed by atoms with Gasteiger partial charge >= 0.3 is 0 Å². The fourth-order valence-electron chi connectivity index (χ4n) is 1.77. The van der Waals surface area contributed by atoms with Gasteiger partial charge in [0.05, 0.1) is 12.1 Å². The Kier molecular flexibility index (Phi) is 7.20. The molecule has 0 aliphatic heterocycles. The molecule has 0 spiro atoms. The molecule has 0 saturated heterocycles. The van der Waals surface area contributed by atoms with Crippen molar-refractivity contribution in [1.82, 2.24) is 15.6 Å². The maximum Gasteiger partial charge on any atom is 0.268 e. The highest BCUT2D eigenvalue weighted by atomic mass is 16.5. The first kappa shape index (κ1) is 16.9. The first-order valence-electron chi connectivity index (χ1n) is 6.78. The summed E-state index contributed by atoms with van der Waals surface area (Å²) >= 11 is 0. The number of likely N-dealkylation sites (N-methyl/N-ethyl adjacent to an activating group) is 2. The second kappa shape index (κ2) is 8.93. The van der Waals surface area contributed by atoms with Crippen LogP contribution >= 0.6 is 0 Å². The van der Waals surface area contributed by atoms with Crippen molar-refractivity contribution in [2.45, 2.75) is 6.92 Å². The highest BCUT2D eigenvalue weighted by Gasteiger charge is 2.12. The minimum Gasteiger partial charge on any atom is -0.491 e. The molecular formula is C14H22N4O3. The molecule has 1 aromatic rings. The van der Waals surface area contributed by atoms with Gasteiger partial charge in [0, 0.05) is 13.6 Å². The number of amides is 2. The molecule has 1 rings (SSSR count). The van der Waals surface area contributed by atoms with Crippen LogP contribution in [0.1, 0.15) is 17.3 Å². The summed E-state index contributed by atoms with van der Waals surface area (Å²) in [5.74, 6) is 5.16. The number of hydrazine groups is 1. The molecule has 0 bridgehead atoms. The summed E-state index contributed by atoms with van der Waals surface area (Å²) in [5, 5.41) is 2.58. The first-order chi connectivity index (χ1) is 10.1. The number of benzene rings is 1. The van der Waals surface area contributed by atoms with Gasteiger partial charge in [-0.1, -0.05) is 19.1 Å². The zero-order chi connectivity index (χ0) is 15.7. The lowest BCUT2D eigenvalue weighted by Gasteiger charge is -2.19. The van der Waals surface area contributed by atoms with Crippen LogP contribution in [-0.2, 0) is 4.79 Å². The van der Waals surface area contributed by atoms with Crippen molar-refractivity contribution in [3.8, 4) is 5.75 Å². The normalized spacial score (nSPS) is 10.3. The van der Waals surface area contributed by atoms with Gasteiger partial charge in [-0.15, -0.1) is 0 Å². The van der Waals surface area contributed by atoms with E-state index in [1.54, 1.807) is 31.3 Å². The third-order valence-corrected chi connectivity index (χ3v) is 3.02. The van der Waals surface area contributed by atoms with Gasteiger partial charge < -0.3 is 10.1 Å². The summed E-state index contributed by atoms with van der Waals surface area (Å²) < 4.78 is 5.62. The number of carbonyl (C=O) groups is 2. The Hall–Kier alpha value is -2.12. The second-order valence-electron chi connectivity index (χ2n) is 4.36. The van der Waals surface area contributed by atoms with Crippen molar-refractivity contribution in [2.75, 3.05) is 33.3 Å². The molecule has 0 aromatic heterocycles. The Morgan fingerprint density at radius 2 is 2.05 bits per heavy atom. The van der Waals surface area contributed by atoms with Crippen LogP contribution < -0.4 is 21.3 Å². The Balaban J connectivity index is 2.55. The number of carbonyl (C=O) groups excluding carboxylic acids is 2. The molecule has 4 N–H and O–H groups in total. The average Bonchev–Trinajstić information content (AvgIpc) is 2.53. The minimum absolute atomic E-state index is 0.0419. The molecule has 0 radical (unpaired) electrons. The number of ether oxygens (including phenoxy) is 1. The Morgan fingerprint density at radius 3 is 2.67 bits per heavy atom. The predicted molar refractivity (Wildman–Crippen MR) is 79.8 cm³/mol. The molecule has 0 unspecified atom stereocenters. The summed E-state index contributed by atoms with van der Waals surface area (Å²) in [5.41, 5.74) is 2.47. The number of nitrogens with two attached hydrogens (primary N) is 1. The molecule has 0 aliphatic rings. The average molecular weight is 294 g/mol. The van der Waals surface area contributed by atoms with Gasteiger partial charge in [0.1, 0.15) is 12.4 Å². The van der Waals surface area contributed by atoms with E-state index in [0.717, 1.165) is 6.54 Å². The van der Waals surface area contributed by atoms with Crippen molar-refractivity contribution in [3.05, 3.63) is 29.8 Å². The molecule has 7 nitrogen and oxygen atoms in total. The lowest BCUT2D eigenvalue weighted by atomic mass is 10.2. The summed E-state index contributed by atoms with van der Waals surface area (Å²) in [7, 11) is 1.61. The molecule has 21 heavy (non-hydrogen) atoms. The van der Waals surface area contributed by atoms with Crippen LogP contribution in [0.4, 0.5) is 0 Å². The van der Waals surface area contributed by atoms with Crippen LogP contribution in [0.2, 0.25) is 0 Å². The van der Waals surface area contributed by atoms with Gasteiger partial charge in [0.2, 0.25) is 5.91 Å². The number of hydrogen-bond acceptors (Lipinski definition) is 5. The molecule has 1 aromatic carbocycles. The molecule has 116 valence electrons. The number of para-hydroxylation sites is 1. The van der Waals surface area contributed by atoms with E-state index in [2.05, 4.69) is 10.7 Å². The predicted octanol–water partition coefficient (Wildman–Crippen LogP) is -0.263. The van der Waals surface area contributed by atoms with Gasteiger partial charge in [-0.2, -0.15) is 0 Å². The largest absolute Gasteiger partial charge is 0.491 e. The Bertz CT molecular complexity index is 479. The summed E-state index contributed by atoms with van der Waals surface area (Å²) in [6.45, 7) is 3.99. The second-order valence-corrected chi connectivity index (χ2v) is 4.36. The third-order valence-electron chi connectivity index (χ3n) is 3.02. The molecule has 7 heteroatoms. The zero-order valence-corrected chi connectivity index (χ0v) is 12.4. The first-order valence-corrected chi connectivity index (χ1v) is 6.78. The quantitative estimate of drug-likeness (QED) is 0.349. The monoisotopic (exact) mass is 294 g/mol. The fourth-order valence-corrected chi connectivity index (χ4v) is 1.77. The lowest BCUT2D eigenvalue weighted by Crippen LogP contribution is -2.37. The highest BCUT2D eigenvalue weighted by Crippen LogP contribution is 2.17. The van der Waals surface area contributed by atoms with Crippen LogP contribution in [0.3, 0.4) is 0 Å². The van der Waals surface area contributed by atoms with Crippen LogP contribution in [-0.4, -0.2) is 50.0 Å². The Morgan fingerprint density at radius 1 is 1.33 bits per heavy atom. The van der Waals surface area contributed by atoms with Gasteiger partial charge in [0.15, 0.2) is 0 Å². The van der Waals surface area contributed by atoms with E-state index in [-0.39, 0.29) is 5.91 Å². The fraction of sp³-hybridized carbons (Fsp3) is 0.429. The van der Waals surface area contributed by atoms with Gasteiger partial charge in [0.25, 0.3) is 5.91 Å². The molecule has 0 heterocycles. The molecule has 0 fully saturated rings. The smallest absolute Gasteiger partial charge is 0.268 e. The van der Waals surface area contributed by atoms with Crippen molar-refractivity contribution in [2.24, 2.45) is 5.84 Å². The highest BCUT2D eigenvalue weighted by molar-refractivity contribution is 5.96. The van der Waals surface area contributed by atoms with Crippen molar-refractivity contribution < 1.29 is 14.3 Å². The number of hydrogen-bond donors (Lipinski definition) is 3. The number of nitrogen functional groups attached to an aromatic ring is 1. The van der Waals surface area contributed by atoms with E-state index in [4.69, 9.17) is 10.6 Å². The van der Waals surface area contributed by atoms with E-state index in [1.165, 1.54) is 0 Å². The SMILES string of the molecule is CCN(CCOc1ccccc1C(=O)NN)CC(=O)NC. The van der Waals surface area contributed by atoms with Crippen molar-refractivity contribution >= 4 is 11.8 Å².